The van der Waals surface area contributed by atoms with E-state index in [1.54, 1.807) is 4.90 Å². The maximum Gasteiger partial charge on any atom is 0.227 e. The molecule has 1 amide bonds. The molecule has 0 N–H and O–H groups in total. The van der Waals surface area contributed by atoms with E-state index in [0.717, 1.165) is 44.7 Å². The van der Waals surface area contributed by atoms with Crippen molar-refractivity contribution in [2.45, 2.75) is 24.5 Å². The Morgan fingerprint density at radius 1 is 1.11 bits per heavy atom. The van der Waals surface area contributed by atoms with Crippen LogP contribution in [0.15, 0.2) is 24.3 Å². The fourth-order valence-electron chi connectivity index (χ4n) is 4.84. The Kier molecular flexibility index (Phi) is 5.27. The average Bonchev–Trinajstić information content (AvgIpc) is 2.88. The highest BCUT2D eigenvalue weighted by Gasteiger charge is 2.62. The summed E-state index contributed by atoms with van der Waals surface area (Å²) in [4.78, 5) is 19.1. The highest BCUT2D eigenvalue weighted by molar-refractivity contribution is 7.93. The first-order chi connectivity index (χ1) is 13.3. The quantitative estimate of drug-likeness (QED) is 0.742. The number of sulfone groups is 1. The molecule has 1 aromatic rings. The average molecular weight is 406 g/mol. The fourth-order valence-corrected chi connectivity index (χ4v) is 7.25. The van der Waals surface area contributed by atoms with Gasteiger partial charge in [-0.2, -0.15) is 0 Å². The number of carbonyl (C=O) groups is 1. The van der Waals surface area contributed by atoms with E-state index in [0.29, 0.717) is 19.5 Å². The third kappa shape index (κ3) is 3.60. The number of carbonyl (C=O) groups excluding carboxylic acids is 1. The van der Waals surface area contributed by atoms with Gasteiger partial charge in [0.2, 0.25) is 5.91 Å². The lowest BCUT2D eigenvalue weighted by atomic mass is 9.82. The summed E-state index contributed by atoms with van der Waals surface area (Å²) < 4.78 is 25.0. The third-order valence-corrected chi connectivity index (χ3v) is 9.52. The van der Waals surface area contributed by atoms with Crippen LogP contribution in [0.2, 0.25) is 0 Å². The first-order valence-electron chi connectivity index (χ1n) is 10.3. The lowest BCUT2D eigenvalue weighted by molar-refractivity contribution is -0.136. The SMILES string of the molecule is Cc1ccc(CC(=O)N2CC3(C2)C(CN2CCN(C)CC2)CCS3(=O)=O)cc1. The van der Waals surface area contributed by atoms with Crippen molar-refractivity contribution in [1.82, 2.24) is 14.7 Å². The molecule has 6 nitrogen and oxygen atoms in total. The second kappa shape index (κ2) is 7.43. The molecule has 7 heteroatoms. The van der Waals surface area contributed by atoms with Crippen LogP contribution in [0.1, 0.15) is 17.5 Å². The van der Waals surface area contributed by atoms with Crippen molar-refractivity contribution in [1.29, 1.82) is 0 Å². The number of piperazine rings is 1. The molecular weight excluding hydrogens is 374 g/mol. The zero-order valence-corrected chi connectivity index (χ0v) is 17.7. The molecule has 3 fully saturated rings. The second-order valence-corrected chi connectivity index (χ2v) is 11.3. The molecule has 1 atom stereocenters. The minimum Gasteiger partial charge on any atom is -0.339 e. The Labute approximate surface area is 168 Å². The second-order valence-electron chi connectivity index (χ2n) is 8.89. The minimum absolute atomic E-state index is 0.0370. The molecule has 3 aliphatic heterocycles. The smallest absolute Gasteiger partial charge is 0.227 e. The molecule has 3 heterocycles. The van der Waals surface area contributed by atoms with Gasteiger partial charge in [0.15, 0.2) is 9.84 Å². The topological polar surface area (TPSA) is 60.9 Å². The summed E-state index contributed by atoms with van der Waals surface area (Å²) in [6.45, 7) is 7.68. The molecule has 4 rings (SSSR count). The van der Waals surface area contributed by atoms with Crippen molar-refractivity contribution in [3.8, 4) is 0 Å². The lowest BCUT2D eigenvalue weighted by Crippen LogP contribution is -2.69. The van der Waals surface area contributed by atoms with Gasteiger partial charge in [-0.1, -0.05) is 29.8 Å². The van der Waals surface area contributed by atoms with Gasteiger partial charge in [0.1, 0.15) is 4.75 Å². The van der Waals surface area contributed by atoms with Gasteiger partial charge < -0.3 is 14.7 Å². The van der Waals surface area contributed by atoms with Gasteiger partial charge in [-0.05, 0) is 31.9 Å². The van der Waals surface area contributed by atoms with E-state index < -0.39 is 14.6 Å². The number of likely N-dealkylation sites (tertiary alicyclic amines) is 1. The zero-order valence-electron chi connectivity index (χ0n) is 16.9. The summed E-state index contributed by atoms with van der Waals surface area (Å²) in [5, 5.41) is 0. The Morgan fingerprint density at radius 2 is 1.75 bits per heavy atom. The maximum absolute atomic E-state index is 12.9. The normalized spacial score (nSPS) is 27.1. The van der Waals surface area contributed by atoms with Gasteiger partial charge >= 0.3 is 0 Å². The Hall–Kier alpha value is -1.44. The van der Waals surface area contributed by atoms with Crippen molar-refractivity contribution < 1.29 is 13.2 Å². The van der Waals surface area contributed by atoms with E-state index in [2.05, 4.69) is 16.8 Å². The van der Waals surface area contributed by atoms with Gasteiger partial charge in [-0.25, -0.2) is 8.42 Å². The predicted molar refractivity (Wildman–Crippen MR) is 110 cm³/mol. The standard InChI is InChI=1S/C21H31N3O3S/c1-17-3-5-18(6-4-17)13-20(25)24-15-21(16-24)19(7-12-28(21,26)27)14-23-10-8-22(2)9-11-23/h3-6,19H,7-16H2,1-2H3. The van der Waals surface area contributed by atoms with E-state index in [-0.39, 0.29) is 17.6 Å². The van der Waals surface area contributed by atoms with Gasteiger partial charge in [-0.3, -0.25) is 4.79 Å². The van der Waals surface area contributed by atoms with Gasteiger partial charge in [0.05, 0.1) is 12.2 Å². The van der Waals surface area contributed by atoms with Crippen LogP contribution in [0, 0.1) is 12.8 Å². The summed E-state index contributed by atoms with van der Waals surface area (Å²) in [5.41, 5.74) is 2.16. The van der Waals surface area contributed by atoms with E-state index in [9.17, 15) is 13.2 Å². The van der Waals surface area contributed by atoms with Crippen LogP contribution in [0.5, 0.6) is 0 Å². The summed E-state index contributed by atoms with van der Waals surface area (Å²) in [7, 11) is -1.01. The molecule has 3 aliphatic rings. The minimum atomic E-state index is -3.14. The van der Waals surface area contributed by atoms with Crippen molar-refractivity contribution in [2.24, 2.45) is 5.92 Å². The number of hydrogen-bond donors (Lipinski definition) is 0. The number of rotatable bonds is 4. The summed E-state index contributed by atoms with van der Waals surface area (Å²) in [6.07, 6.45) is 1.08. The van der Waals surface area contributed by atoms with Crippen molar-refractivity contribution >= 4 is 15.7 Å². The third-order valence-electron chi connectivity index (χ3n) is 6.92. The Balaban J connectivity index is 1.40. The number of hydrogen-bond acceptors (Lipinski definition) is 5. The van der Waals surface area contributed by atoms with Crippen molar-refractivity contribution in [3.05, 3.63) is 35.4 Å². The van der Waals surface area contributed by atoms with Gasteiger partial charge in [0, 0.05) is 45.8 Å². The monoisotopic (exact) mass is 405 g/mol. The molecule has 28 heavy (non-hydrogen) atoms. The van der Waals surface area contributed by atoms with Crippen LogP contribution in [0.4, 0.5) is 0 Å². The van der Waals surface area contributed by atoms with Crippen molar-refractivity contribution in [2.75, 3.05) is 58.6 Å². The van der Waals surface area contributed by atoms with E-state index in [1.165, 1.54) is 5.56 Å². The number of benzene rings is 1. The Morgan fingerprint density at radius 3 is 2.39 bits per heavy atom. The van der Waals surface area contributed by atoms with Crippen LogP contribution in [-0.2, 0) is 21.1 Å². The molecule has 154 valence electrons. The largest absolute Gasteiger partial charge is 0.339 e. The van der Waals surface area contributed by atoms with E-state index in [4.69, 9.17) is 0 Å². The zero-order chi connectivity index (χ0) is 19.9. The number of nitrogens with zero attached hydrogens (tertiary/aromatic N) is 3. The van der Waals surface area contributed by atoms with Crippen LogP contribution in [0.3, 0.4) is 0 Å². The van der Waals surface area contributed by atoms with Gasteiger partial charge in [-0.15, -0.1) is 0 Å². The number of amides is 1. The highest BCUT2D eigenvalue weighted by atomic mass is 32.2. The molecule has 1 spiro atoms. The highest BCUT2D eigenvalue weighted by Crippen LogP contribution is 2.45. The molecular formula is C21H31N3O3S. The first-order valence-corrected chi connectivity index (χ1v) is 11.9. The molecule has 3 saturated heterocycles. The van der Waals surface area contributed by atoms with Crippen LogP contribution < -0.4 is 0 Å². The molecule has 0 aliphatic carbocycles. The van der Waals surface area contributed by atoms with E-state index in [1.807, 2.05) is 31.2 Å². The van der Waals surface area contributed by atoms with Crippen LogP contribution in [0.25, 0.3) is 0 Å². The molecule has 0 radical (unpaired) electrons. The number of likely N-dealkylation sites (N-methyl/N-ethyl adjacent to an activating group) is 1. The molecule has 1 unspecified atom stereocenters. The summed E-state index contributed by atoms with van der Waals surface area (Å²) in [5.74, 6) is 0.449. The molecule has 1 aromatic carbocycles. The number of aryl methyl sites for hydroxylation is 1. The van der Waals surface area contributed by atoms with Crippen LogP contribution >= 0.6 is 0 Å². The lowest BCUT2D eigenvalue weighted by Gasteiger charge is -2.51. The predicted octanol–water partition coefficient (Wildman–Crippen LogP) is 0.801. The van der Waals surface area contributed by atoms with E-state index >= 15 is 0 Å². The molecule has 0 bridgehead atoms. The summed E-state index contributed by atoms with van der Waals surface area (Å²) >= 11 is 0. The maximum atomic E-state index is 12.9. The van der Waals surface area contributed by atoms with Gasteiger partial charge in [0.25, 0.3) is 0 Å². The summed E-state index contributed by atoms with van der Waals surface area (Å²) in [6, 6.07) is 7.97. The Bertz CT molecular complexity index is 823. The first kappa shape index (κ1) is 19.9. The molecule has 0 saturated carbocycles. The van der Waals surface area contributed by atoms with Crippen molar-refractivity contribution in [3.63, 3.8) is 0 Å². The fraction of sp³-hybridized carbons (Fsp3) is 0.667. The van der Waals surface area contributed by atoms with Crippen LogP contribution in [-0.4, -0.2) is 92.4 Å². The molecule has 0 aromatic heterocycles.